The van der Waals surface area contributed by atoms with Crippen LogP contribution in [0.5, 0.6) is 5.75 Å². The molecule has 4 heteroatoms. The highest BCUT2D eigenvalue weighted by atomic mass is 79.9. The Morgan fingerprint density at radius 2 is 1.62 bits per heavy atom. The molecule has 0 aliphatic rings. The van der Waals surface area contributed by atoms with Crippen molar-refractivity contribution in [1.29, 1.82) is 0 Å². The van der Waals surface area contributed by atoms with Crippen LogP contribution in [0, 0.1) is 0 Å². The van der Waals surface area contributed by atoms with E-state index in [4.69, 9.17) is 4.74 Å². The molecule has 120 valence electrons. The zero-order valence-electron chi connectivity index (χ0n) is 12.8. The van der Waals surface area contributed by atoms with Crippen molar-refractivity contribution in [1.82, 2.24) is 0 Å². The van der Waals surface area contributed by atoms with Crippen LogP contribution < -0.4 is 4.74 Å². The van der Waals surface area contributed by atoms with Crippen molar-refractivity contribution in [3.05, 3.63) is 88.4 Å². The number of carbonyl (C=O) groups is 1. The molecule has 0 amide bonds. The highest BCUT2D eigenvalue weighted by molar-refractivity contribution is 9.10. The quantitative estimate of drug-likeness (QED) is 0.642. The number of hydrogen-bond acceptors (Lipinski definition) is 2. The van der Waals surface area contributed by atoms with Gasteiger partial charge >= 0.3 is 5.97 Å². The molecule has 0 radical (unpaired) electrons. The molecule has 0 atom stereocenters. The first-order valence-corrected chi connectivity index (χ1v) is 8.23. The number of ether oxygens (including phenoxy) is 1. The Morgan fingerprint density at radius 1 is 0.917 bits per heavy atom. The molecule has 24 heavy (non-hydrogen) atoms. The lowest BCUT2D eigenvalue weighted by atomic mass is 10.1. The van der Waals surface area contributed by atoms with Gasteiger partial charge < -0.3 is 9.84 Å². The van der Waals surface area contributed by atoms with E-state index in [1.54, 1.807) is 24.3 Å². The Morgan fingerprint density at radius 3 is 2.33 bits per heavy atom. The van der Waals surface area contributed by atoms with Crippen molar-refractivity contribution in [2.45, 2.75) is 6.61 Å². The first-order chi connectivity index (χ1) is 11.6. The lowest BCUT2D eigenvalue weighted by Gasteiger charge is -2.11. The zero-order chi connectivity index (χ0) is 16.9. The fourth-order valence-corrected chi connectivity index (χ4v) is 2.93. The summed E-state index contributed by atoms with van der Waals surface area (Å²) in [6.45, 7) is 0.200. The van der Waals surface area contributed by atoms with Gasteiger partial charge in [-0.05, 0) is 45.3 Å². The summed E-state index contributed by atoms with van der Waals surface area (Å²) in [5, 5.41) is 9.22. The van der Waals surface area contributed by atoms with Gasteiger partial charge in [0.2, 0.25) is 0 Å². The minimum absolute atomic E-state index is 0.200. The predicted octanol–water partition coefficient (Wildman–Crippen LogP) is 5.39. The Balaban J connectivity index is 1.79. The Kier molecular flexibility index (Phi) is 4.96. The maximum Gasteiger partial charge on any atom is 0.336 e. The maximum atomic E-state index is 11.2. The molecule has 1 N–H and O–H groups in total. The van der Waals surface area contributed by atoms with Crippen LogP contribution >= 0.6 is 15.9 Å². The summed E-state index contributed by atoms with van der Waals surface area (Å²) >= 11 is 3.52. The first kappa shape index (κ1) is 16.3. The highest BCUT2D eigenvalue weighted by Gasteiger charge is 2.10. The lowest BCUT2D eigenvalue weighted by molar-refractivity contribution is 0.0694. The molecular weight excluding hydrogens is 368 g/mol. The molecule has 0 aromatic heterocycles. The summed E-state index contributed by atoms with van der Waals surface area (Å²) in [6.07, 6.45) is 0. The van der Waals surface area contributed by atoms with Crippen LogP contribution in [0.4, 0.5) is 0 Å². The van der Waals surface area contributed by atoms with Gasteiger partial charge in [-0.25, -0.2) is 4.79 Å². The normalized spacial score (nSPS) is 10.4. The second-order valence-electron chi connectivity index (χ2n) is 5.26. The standard InChI is InChI=1S/C20H15BrO3/c21-18-12-15(14-6-2-1-3-7-14)10-11-19(18)24-13-16-8-4-5-9-17(16)20(22)23/h1-12H,13H2,(H,22,23). The molecule has 3 rings (SSSR count). The summed E-state index contributed by atoms with van der Waals surface area (Å²) in [4.78, 5) is 11.2. The van der Waals surface area contributed by atoms with Crippen LogP contribution in [0.2, 0.25) is 0 Å². The average molecular weight is 383 g/mol. The van der Waals surface area contributed by atoms with Crippen LogP contribution in [-0.4, -0.2) is 11.1 Å². The van der Waals surface area contributed by atoms with Crippen LogP contribution in [0.1, 0.15) is 15.9 Å². The van der Waals surface area contributed by atoms with Crippen molar-refractivity contribution >= 4 is 21.9 Å². The van der Waals surface area contributed by atoms with Gasteiger partial charge in [-0.15, -0.1) is 0 Å². The van der Waals surface area contributed by atoms with E-state index in [2.05, 4.69) is 15.9 Å². The lowest BCUT2D eigenvalue weighted by Crippen LogP contribution is -2.05. The average Bonchev–Trinajstić information content (AvgIpc) is 2.61. The van der Waals surface area contributed by atoms with Crippen molar-refractivity contribution in [2.75, 3.05) is 0 Å². The number of benzene rings is 3. The van der Waals surface area contributed by atoms with Gasteiger partial charge in [0.15, 0.2) is 0 Å². The predicted molar refractivity (Wildman–Crippen MR) is 97.3 cm³/mol. The van der Waals surface area contributed by atoms with Gasteiger partial charge in [-0.3, -0.25) is 0 Å². The van der Waals surface area contributed by atoms with E-state index in [-0.39, 0.29) is 12.2 Å². The van der Waals surface area contributed by atoms with E-state index in [0.29, 0.717) is 11.3 Å². The third-order valence-corrected chi connectivity index (χ3v) is 4.29. The van der Waals surface area contributed by atoms with Crippen LogP contribution in [0.3, 0.4) is 0 Å². The Hall–Kier alpha value is -2.59. The second kappa shape index (κ2) is 7.32. The van der Waals surface area contributed by atoms with E-state index < -0.39 is 5.97 Å². The fraction of sp³-hybridized carbons (Fsp3) is 0.0500. The molecule has 0 saturated heterocycles. The smallest absolute Gasteiger partial charge is 0.336 e. The number of carboxylic acid groups (broad SMARTS) is 1. The fourth-order valence-electron chi connectivity index (χ4n) is 2.44. The molecular formula is C20H15BrO3. The number of carboxylic acids is 1. The van der Waals surface area contributed by atoms with Gasteiger partial charge in [0.05, 0.1) is 10.0 Å². The van der Waals surface area contributed by atoms with Crippen molar-refractivity contribution in [3.63, 3.8) is 0 Å². The molecule has 0 unspecified atom stereocenters. The number of rotatable bonds is 5. The molecule has 3 aromatic carbocycles. The van der Waals surface area contributed by atoms with Crippen molar-refractivity contribution in [3.8, 4) is 16.9 Å². The van der Waals surface area contributed by atoms with Gasteiger partial charge in [0.25, 0.3) is 0 Å². The largest absolute Gasteiger partial charge is 0.488 e. The van der Waals surface area contributed by atoms with E-state index in [9.17, 15) is 9.90 Å². The van der Waals surface area contributed by atoms with E-state index in [1.165, 1.54) is 0 Å². The van der Waals surface area contributed by atoms with Gasteiger partial charge in [-0.1, -0.05) is 54.6 Å². The van der Waals surface area contributed by atoms with Crippen LogP contribution in [0.25, 0.3) is 11.1 Å². The Bertz CT molecular complexity index is 860. The topological polar surface area (TPSA) is 46.5 Å². The number of hydrogen-bond donors (Lipinski definition) is 1. The molecule has 0 bridgehead atoms. The molecule has 3 nitrogen and oxygen atoms in total. The molecule has 0 saturated carbocycles. The molecule has 0 aliphatic heterocycles. The number of halogens is 1. The summed E-state index contributed by atoms with van der Waals surface area (Å²) in [7, 11) is 0. The summed E-state index contributed by atoms with van der Waals surface area (Å²) in [5.41, 5.74) is 3.11. The van der Waals surface area contributed by atoms with Crippen molar-refractivity contribution in [2.24, 2.45) is 0 Å². The minimum Gasteiger partial charge on any atom is -0.488 e. The Labute approximate surface area is 148 Å². The third-order valence-electron chi connectivity index (χ3n) is 3.67. The van der Waals surface area contributed by atoms with E-state index in [1.807, 2.05) is 48.5 Å². The monoisotopic (exact) mass is 382 g/mol. The van der Waals surface area contributed by atoms with Gasteiger partial charge in [0, 0.05) is 5.56 Å². The van der Waals surface area contributed by atoms with Crippen molar-refractivity contribution < 1.29 is 14.6 Å². The van der Waals surface area contributed by atoms with Gasteiger partial charge in [-0.2, -0.15) is 0 Å². The van der Waals surface area contributed by atoms with E-state index >= 15 is 0 Å². The van der Waals surface area contributed by atoms with Gasteiger partial charge in [0.1, 0.15) is 12.4 Å². The maximum absolute atomic E-state index is 11.2. The summed E-state index contributed by atoms with van der Waals surface area (Å²) in [5.74, 6) is -0.275. The molecule has 3 aromatic rings. The summed E-state index contributed by atoms with van der Waals surface area (Å²) < 4.78 is 6.62. The SMILES string of the molecule is O=C(O)c1ccccc1COc1ccc(-c2ccccc2)cc1Br. The number of aromatic carboxylic acids is 1. The third kappa shape index (κ3) is 3.66. The second-order valence-corrected chi connectivity index (χ2v) is 6.12. The summed E-state index contributed by atoms with van der Waals surface area (Å²) in [6, 6.07) is 22.8. The van der Waals surface area contributed by atoms with Crippen LogP contribution in [0.15, 0.2) is 77.3 Å². The molecule has 0 fully saturated rings. The molecule has 0 spiro atoms. The molecule has 0 aliphatic carbocycles. The minimum atomic E-state index is -0.951. The first-order valence-electron chi connectivity index (χ1n) is 7.44. The van der Waals surface area contributed by atoms with E-state index in [0.717, 1.165) is 15.6 Å². The molecule has 0 heterocycles. The van der Waals surface area contributed by atoms with Crippen LogP contribution in [-0.2, 0) is 6.61 Å². The zero-order valence-corrected chi connectivity index (χ0v) is 14.4. The highest BCUT2D eigenvalue weighted by Crippen LogP contribution is 2.31.